The van der Waals surface area contributed by atoms with E-state index in [2.05, 4.69) is 38.0 Å². The lowest BCUT2D eigenvalue weighted by atomic mass is 9.85. The van der Waals surface area contributed by atoms with Crippen molar-refractivity contribution in [3.05, 3.63) is 0 Å². The summed E-state index contributed by atoms with van der Waals surface area (Å²) in [6, 6.07) is 1.44. The molecule has 2 rings (SSSR count). The van der Waals surface area contributed by atoms with Crippen LogP contribution in [0.1, 0.15) is 40.0 Å². The Balaban J connectivity index is 1.87. The fourth-order valence-electron chi connectivity index (χ4n) is 2.80. The van der Waals surface area contributed by atoms with Crippen LogP contribution < -0.4 is 5.32 Å². The monoisotopic (exact) mass is 254 g/mol. The summed E-state index contributed by atoms with van der Waals surface area (Å²) >= 11 is 0. The molecule has 1 saturated heterocycles. The van der Waals surface area contributed by atoms with Crippen LogP contribution in [0.4, 0.5) is 0 Å². The van der Waals surface area contributed by atoms with E-state index in [1.807, 2.05) is 0 Å². The minimum absolute atomic E-state index is 0.348. The molecule has 18 heavy (non-hydrogen) atoms. The van der Waals surface area contributed by atoms with Crippen LogP contribution in [0.3, 0.4) is 0 Å². The van der Waals surface area contributed by atoms with Gasteiger partial charge in [-0.25, -0.2) is 0 Å². The third-order valence-corrected chi connectivity index (χ3v) is 4.77. The maximum atomic E-state index is 5.69. The first kappa shape index (κ1) is 14.3. The first-order valence-corrected chi connectivity index (χ1v) is 7.54. The van der Waals surface area contributed by atoms with Gasteiger partial charge in [0, 0.05) is 37.2 Å². The van der Waals surface area contributed by atoms with Gasteiger partial charge in [-0.3, -0.25) is 0 Å². The van der Waals surface area contributed by atoms with Gasteiger partial charge in [0.1, 0.15) is 0 Å². The molecule has 1 N–H and O–H groups in total. The van der Waals surface area contributed by atoms with E-state index in [9.17, 15) is 0 Å². The zero-order valence-electron chi connectivity index (χ0n) is 12.5. The van der Waals surface area contributed by atoms with E-state index in [1.165, 1.54) is 19.3 Å². The average molecular weight is 254 g/mol. The Morgan fingerprint density at radius 2 is 2.06 bits per heavy atom. The summed E-state index contributed by atoms with van der Waals surface area (Å²) in [6.45, 7) is 11.1. The summed E-state index contributed by atoms with van der Waals surface area (Å²) in [5, 5.41) is 3.71. The summed E-state index contributed by atoms with van der Waals surface area (Å²) in [5.74, 6) is 0.714. The molecule has 0 radical (unpaired) electrons. The van der Waals surface area contributed by atoms with Crippen LogP contribution >= 0.6 is 0 Å². The van der Waals surface area contributed by atoms with E-state index < -0.39 is 0 Å². The lowest BCUT2D eigenvalue weighted by Gasteiger charge is -2.37. The van der Waals surface area contributed by atoms with E-state index in [1.54, 1.807) is 0 Å². The van der Waals surface area contributed by atoms with Gasteiger partial charge in [0.25, 0.3) is 0 Å². The molecule has 3 heteroatoms. The first-order chi connectivity index (χ1) is 8.52. The molecule has 1 saturated carbocycles. The maximum Gasteiger partial charge on any atom is 0.0547 e. The molecule has 1 aliphatic carbocycles. The molecule has 106 valence electrons. The lowest BCUT2D eigenvalue weighted by molar-refractivity contribution is 0.0925. The molecule has 0 aromatic heterocycles. The van der Waals surface area contributed by atoms with Crippen LogP contribution in [0.2, 0.25) is 0 Å². The second kappa shape index (κ2) is 5.89. The molecular weight excluding hydrogens is 224 g/mol. The third-order valence-electron chi connectivity index (χ3n) is 4.77. The Hall–Kier alpha value is -0.120. The zero-order chi connectivity index (χ0) is 13.2. The number of rotatable bonds is 7. The SMILES string of the molecule is CC(C)C(C)N(C)CC1(CNC2CC2)CCOC1. The van der Waals surface area contributed by atoms with E-state index in [0.29, 0.717) is 17.4 Å². The Morgan fingerprint density at radius 1 is 1.33 bits per heavy atom. The predicted molar refractivity (Wildman–Crippen MR) is 75.8 cm³/mol. The predicted octanol–water partition coefficient (Wildman–Crippen LogP) is 2.12. The molecule has 0 amide bonds. The molecule has 0 aromatic rings. The minimum atomic E-state index is 0.348. The van der Waals surface area contributed by atoms with Gasteiger partial charge in [-0.05, 0) is 39.2 Å². The number of ether oxygens (including phenoxy) is 1. The van der Waals surface area contributed by atoms with Crippen LogP contribution in [0.5, 0.6) is 0 Å². The smallest absolute Gasteiger partial charge is 0.0547 e. The average Bonchev–Trinajstić information content (AvgIpc) is 3.06. The molecule has 0 bridgehead atoms. The maximum absolute atomic E-state index is 5.69. The van der Waals surface area contributed by atoms with Crippen molar-refractivity contribution in [2.75, 3.05) is 33.4 Å². The highest BCUT2D eigenvalue weighted by Crippen LogP contribution is 2.31. The van der Waals surface area contributed by atoms with Gasteiger partial charge in [-0.2, -0.15) is 0 Å². The Labute approximate surface area is 112 Å². The van der Waals surface area contributed by atoms with Crippen LogP contribution in [-0.4, -0.2) is 50.3 Å². The van der Waals surface area contributed by atoms with Crippen molar-refractivity contribution >= 4 is 0 Å². The van der Waals surface area contributed by atoms with Crippen molar-refractivity contribution in [3.63, 3.8) is 0 Å². The van der Waals surface area contributed by atoms with Crippen molar-refractivity contribution in [3.8, 4) is 0 Å². The van der Waals surface area contributed by atoms with Gasteiger partial charge in [0.05, 0.1) is 6.61 Å². The molecule has 1 aliphatic heterocycles. The molecule has 2 unspecified atom stereocenters. The highest BCUT2D eigenvalue weighted by atomic mass is 16.5. The molecule has 1 heterocycles. The topological polar surface area (TPSA) is 24.5 Å². The second-order valence-electron chi connectivity index (χ2n) is 6.86. The molecule has 2 atom stereocenters. The second-order valence-corrected chi connectivity index (χ2v) is 6.86. The van der Waals surface area contributed by atoms with Gasteiger partial charge in [0.2, 0.25) is 0 Å². The highest BCUT2D eigenvalue weighted by Gasteiger charge is 2.38. The zero-order valence-corrected chi connectivity index (χ0v) is 12.5. The molecular formula is C15H30N2O. The Bertz CT molecular complexity index is 257. The third kappa shape index (κ3) is 3.69. The normalized spacial score (nSPS) is 30.3. The standard InChI is InChI=1S/C15H30N2O/c1-12(2)13(3)17(4)10-15(7-8-18-11-15)9-16-14-5-6-14/h12-14,16H,5-11H2,1-4H3. The molecule has 2 fully saturated rings. The number of hydrogen-bond acceptors (Lipinski definition) is 3. The largest absolute Gasteiger partial charge is 0.381 e. The van der Waals surface area contributed by atoms with Gasteiger partial charge in [0.15, 0.2) is 0 Å². The van der Waals surface area contributed by atoms with Crippen LogP contribution in [0.15, 0.2) is 0 Å². The molecule has 0 spiro atoms. The van der Waals surface area contributed by atoms with Crippen molar-refractivity contribution in [2.24, 2.45) is 11.3 Å². The Kier molecular flexibility index (Phi) is 4.68. The summed E-state index contributed by atoms with van der Waals surface area (Å²) < 4.78 is 5.69. The van der Waals surface area contributed by atoms with E-state index in [4.69, 9.17) is 4.74 Å². The van der Waals surface area contributed by atoms with Crippen molar-refractivity contribution in [1.29, 1.82) is 0 Å². The fourth-order valence-corrected chi connectivity index (χ4v) is 2.80. The first-order valence-electron chi connectivity index (χ1n) is 7.54. The summed E-state index contributed by atoms with van der Waals surface area (Å²) in [4.78, 5) is 2.52. The Morgan fingerprint density at radius 3 is 2.56 bits per heavy atom. The van der Waals surface area contributed by atoms with Crippen molar-refractivity contribution < 1.29 is 4.74 Å². The van der Waals surface area contributed by atoms with E-state index >= 15 is 0 Å². The van der Waals surface area contributed by atoms with E-state index in [0.717, 1.165) is 32.3 Å². The van der Waals surface area contributed by atoms with Gasteiger partial charge in [-0.15, -0.1) is 0 Å². The van der Waals surface area contributed by atoms with E-state index in [-0.39, 0.29) is 0 Å². The van der Waals surface area contributed by atoms with Gasteiger partial charge < -0.3 is 15.0 Å². The number of hydrogen-bond donors (Lipinski definition) is 1. The molecule has 0 aromatic carbocycles. The molecule has 3 nitrogen and oxygen atoms in total. The number of nitrogens with zero attached hydrogens (tertiary/aromatic N) is 1. The van der Waals surface area contributed by atoms with Gasteiger partial charge >= 0.3 is 0 Å². The summed E-state index contributed by atoms with van der Waals surface area (Å²) in [7, 11) is 2.27. The summed E-state index contributed by atoms with van der Waals surface area (Å²) in [5.41, 5.74) is 0.348. The van der Waals surface area contributed by atoms with Crippen LogP contribution in [0, 0.1) is 11.3 Å². The number of nitrogens with one attached hydrogen (secondary N) is 1. The van der Waals surface area contributed by atoms with Crippen LogP contribution in [-0.2, 0) is 4.74 Å². The minimum Gasteiger partial charge on any atom is -0.381 e. The highest BCUT2D eigenvalue weighted by molar-refractivity contribution is 4.92. The van der Waals surface area contributed by atoms with Gasteiger partial charge in [-0.1, -0.05) is 13.8 Å². The van der Waals surface area contributed by atoms with Crippen LogP contribution in [0.25, 0.3) is 0 Å². The quantitative estimate of drug-likeness (QED) is 0.753. The summed E-state index contributed by atoms with van der Waals surface area (Å²) in [6.07, 6.45) is 3.95. The fraction of sp³-hybridized carbons (Fsp3) is 1.00. The van der Waals surface area contributed by atoms with Crippen molar-refractivity contribution in [1.82, 2.24) is 10.2 Å². The van der Waals surface area contributed by atoms with Crippen molar-refractivity contribution in [2.45, 2.75) is 52.1 Å². The lowest BCUT2D eigenvalue weighted by Crippen LogP contribution is -2.47. The molecule has 2 aliphatic rings.